The Labute approximate surface area is 260 Å². The van der Waals surface area contributed by atoms with Crippen LogP contribution in [0.15, 0.2) is 120 Å². The topological polar surface area (TPSA) is 26.8 Å². The number of hydrogen-bond acceptors (Lipinski definition) is 1. The number of hydrogen-bond donors (Lipinski definition) is 0. The molecule has 0 N–H and O–H groups in total. The molecule has 0 amide bonds. The number of aromatic nitrogens is 1. The third-order valence-corrected chi connectivity index (χ3v) is 9.62. The molecular weight excluding hydrogens is 550 g/mol. The largest absolute Gasteiger partial charge is 0.456 e. The van der Waals surface area contributed by atoms with Crippen LogP contribution in [0.5, 0.6) is 0 Å². The second kappa shape index (κ2) is 8.96. The first kappa shape index (κ1) is 25.4. The molecule has 0 aliphatic heterocycles. The van der Waals surface area contributed by atoms with E-state index in [1.165, 1.54) is 22.3 Å². The van der Waals surface area contributed by atoms with Gasteiger partial charge in [0.25, 0.3) is 0 Å². The van der Waals surface area contributed by atoms with Crippen LogP contribution in [0.3, 0.4) is 0 Å². The Kier molecular flexibility index (Phi) is 5.06. The molecule has 2 heterocycles. The summed E-state index contributed by atoms with van der Waals surface area (Å²) in [6.45, 7) is 20.0. The molecule has 0 saturated heterocycles. The molecule has 0 unspecified atom stereocenters. The van der Waals surface area contributed by atoms with Gasteiger partial charge in [-0.15, -0.1) is 0 Å². The summed E-state index contributed by atoms with van der Waals surface area (Å²) in [6.07, 6.45) is 0. The highest BCUT2D eigenvalue weighted by Gasteiger charge is 2.36. The maximum atomic E-state index is 7.81. The summed E-state index contributed by atoms with van der Waals surface area (Å²) in [4.78, 5) is 7.48. The fourth-order valence-corrected chi connectivity index (χ4v) is 7.45. The van der Waals surface area contributed by atoms with E-state index >= 15 is 0 Å². The van der Waals surface area contributed by atoms with Crippen LogP contribution >= 0.6 is 0 Å². The molecule has 8 aromatic rings. The number of nitrogens with zero attached hydrogens (tertiary/aromatic N) is 3. The summed E-state index contributed by atoms with van der Waals surface area (Å²) in [6, 6.07) is 39.6. The van der Waals surface area contributed by atoms with Crippen LogP contribution in [0.4, 0.5) is 11.4 Å². The Hall–Kier alpha value is -6.10. The minimum atomic E-state index is -0.100. The summed E-state index contributed by atoms with van der Waals surface area (Å²) in [7, 11) is 0. The first-order chi connectivity index (χ1) is 22.0. The van der Waals surface area contributed by atoms with Gasteiger partial charge in [0.15, 0.2) is 11.4 Å². The van der Waals surface area contributed by atoms with Crippen LogP contribution in [-0.4, -0.2) is 4.57 Å². The number of rotatable bonds is 2. The van der Waals surface area contributed by atoms with Crippen molar-refractivity contribution in [3.05, 3.63) is 149 Å². The average molecular weight is 576 g/mol. The van der Waals surface area contributed by atoms with Crippen molar-refractivity contribution >= 4 is 55.1 Å². The molecule has 0 atom stereocenters. The van der Waals surface area contributed by atoms with Crippen molar-refractivity contribution in [1.29, 1.82) is 0 Å². The second-order valence-corrected chi connectivity index (χ2v) is 12.4. The van der Waals surface area contributed by atoms with Gasteiger partial charge in [0.2, 0.25) is 0 Å². The summed E-state index contributed by atoms with van der Waals surface area (Å²) in [5, 5.41) is 4.26. The maximum absolute atomic E-state index is 7.81. The molecule has 0 saturated carbocycles. The van der Waals surface area contributed by atoms with E-state index < -0.39 is 0 Å². The van der Waals surface area contributed by atoms with E-state index in [2.05, 4.69) is 94.8 Å². The van der Waals surface area contributed by atoms with Crippen molar-refractivity contribution in [1.82, 2.24) is 4.57 Å². The Bertz CT molecular complexity index is 2650. The highest BCUT2D eigenvalue weighted by atomic mass is 16.3. The highest BCUT2D eigenvalue weighted by Crippen LogP contribution is 2.51. The smallest absolute Gasteiger partial charge is 0.188 e. The van der Waals surface area contributed by atoms with Gasteiger partial charge in [-0.25, -0.2) is 9.69 Å². The average Bonchev–Trinajstić information content (AvgIpc) is 3.68. The van der Waals surface area contributed by atoms with Crippen molar-refractivity contribution < 1.29 is 4.42 Å². The molecular formula is C41H25N3O. The number of benzene rings is 6. The SMILES string of the molecule is [C-]#[N+]c1ccc(-n2c3ccccc3c3cc([N+]#[C-])ccc32)c(-c2ccc3oc4cc5c(cc4c3c2)-c2ccccc2C5(C)C)c1. The van der Waals surface area contributed by atoms with E-state index in [0.29, 0.717) is 11.4 Å². The van der Waals surface area contributed by atoms with Gasteiger partial charge < -0.3 is 8.98 Å². The summed E-state index contributed by atoms with van der Waals surface area (Å²) >= 11 is 0. The Morgan fingerprint density at radius 2 is 1.29 bits per heavy atom. The number of para-hydroxylation sites is 1. The van der Waals surface area contributed by atoms with Gasteiger partial charge in [0, 0.05) is 21.6 Å². The zero-order valence-corrected chi connectivity index (χ0v) is 24.7. The molecule has 0 fully saturated rings. The minimum absolute atomic E-state index is 0.100. The van der Waals surface area contributed by atoms with E-state index in [1.807, 2.05) is 48.5 Å². The Morgan fingerprint density at radius 1 is 0.556 bits per heavy atom. The summed E-state index contributed by atoms with van der Waals surface area (Å²) in [5.74, 6) is 0. The van der Waals surface area contributed by atoms with E-state index in [1.54, 1.807) is 0 Å². The van der Waals surface area contributed by atoms with Crippen LogP contribution in [0.1, 0.15) is 25.0 Å². The molecule has 45 heavy (non-hydrogen) atoms. The third-order valence-electron chi connectivity index (χ3n) is 9.62. The van der Waals surface area contributed by atoms with Crippen LogP contribution in [0.25, 0.3) is 81.4 Å². The zero-order valence-electron chi connectivity index (χ0n) is 24.7. The van der Waals surface area contributed by atoms with E-state index in [4.69, 9.17) is 17.6 Å². The second-order valence-electron chi connectivity index (χ2n) is 12.4. The molecule has 4 nitrogen and oxygen atoms in total. The molecule has 0 radical (unpaired) electrons. The third kappa shape index (κ3) is 3.46. The van der Waals surface area contributed by atoms with Gasteiger partial charge in [0.05, 0.1) is 29.9 Å². The van der Waals surface area contributed by atoms with Gasteiger partial charge in [0.1, 0.15) is 11.2 Å². The van der Waals surface area contributed by atoms with E-state index in [-0.39, 0.29) is 5.41 Å². The lowest BCUT2D eigenvalue weighted by atomic mass is 9.82. The monoisotopic (exact) mass is 575 g/mol. The highest BCUT2D eigenvalue weighted by molar-refractivity contribution is 6.12. The molecule has 2 aromatic heterocycles. The minimum Gasteiger partial charge on any atom is -0.456 e. The first-order valence-electron chi connectivity index (χ1n) is 15.0. The number of furan rings is 1. The first-order valence-corrected chi connectivity index (χ1v) is 15.0. The molecule has 0 spiro atoms. The Balaban J connectivity index is 1.31. The predicted octanol–water partition coefficient (Wildman–Crippen LogP) is 11.8. The quantitative estimate of drug-likeness (QED) is 0.188. The van der Waals surface area contributed by atoms with Crippen LogP contribution < -0.4 is 0 Å². The molecule has 4 heteroatoms. The van der Waals surface area contributed by atoms with Crippen molar-refractivity contribution in [2.45, 2.75) is 19.3 Å². The lowest BCUT2D eigenvalue weighted by Crippen LogP contribution is -2.14. The molecule has 1 aliphatic rings. The molecule has 210 valence electrons. The fourth-order valence-electron chi connectivity index (χ4n) is 7.45. The molecule has 9 rings (SSSR count). The standard InChI is InChI=1S/C41H25N3O/c1-41(2)34-11-7-5-9-27(34)30-22-33-32-19-24(13-18-39(32)45-40(33)23-35(30)41)29-20-25(42-3)14-16-37(29)44-36-12-8-6-10-28(36)31-21-26(43-4)15-17-38(31)44/h5-23H,1-2H3. The summed E-state index contributed by atoms with van der Waals surface area (Å²) in [5.41, 5.74) is 13.0. The van der Waals surface area contributed by atoms with Gasteiger partial charge in [-0.05, 0) is 93.4 Å². The zero-order chi connectivity index (χ0) is 30.4. The maximum Gasteiger partial charge on any atom is 0.188 e. The van der Waals surface area contributed by atoms with E-state index in [9.17, 15) is 0 Å². The summed E-state index contributed by atoms with van der Waals surface area (Å²) < 4.78 is 8.72. The van der Waals surface area contributed by atoms with Crippen molar-refractivity contribution in [3.63, 3.8) is 0 Å². The van der Waals surface area contributed by atoms with Crippen molar-refractivity contribution in [2.24, 2.45) is 0 Å². The number of fused-ring (bicyclic) bond motifs is 9. The lowest BCUT2D eigenvalue weighted by Gasteiger charge is -2.21. The molecule has 1 aliphatic carbocycles. The van der Waals surface area contributed by atoms with Gasteiger partial charge >= 0.3 is 0 Å². The van der Waals surface area contributed by atoms with Crippen molar-refractivity contribution in [3.8, 4) is 27.9 Å². The normalized spacial score (nSPS) is 13.2. The Morgan fingerprint density at radius 3 is 2.16 bits per heavy atom. The lowest BCUT2D eigenvalue weighted by molar-refractivity contribution is 0.647. The van der Waals surface area contributed by atoms with Crippen LogP contribution in [-0.2, 0) is 5.41 Å². The van der Waals surface area contributed by atoms with Crippen LogP contribution in [0, 0.1) is 13.1 Å². The molecule has 6 aromatic carbocycles. The van der Waals surface area contributed by atoms with E-state index in [0.717, 1.165) is 60.6 Å². The van der Waals surface area contributed by atoms with Crippen LogP contribution in [0.2, 0.25) is 0 Å². The van der Waals surface area contributed by atoms with Gasteiger partial charge in [-0.2, -0.15) is 0 Å². The predicted molar refractivity (Wildman–Crippen MR) is 184 cm³/mol. The molecule has 0 bridgehead atoms. The van der Waals surface area contributed by atoms with Crippen molar-refractivity contribution in [2.75, 3.05) is 0 Å². The fraction of sp³-hybridized carbons (Fsp3) is 0.0732. The van der Waals surface area contributed by atoms with Gasteiger partial charge in [-0.1, -0.05) is 74.5 Å². The van der Waals surface area contributed by atoms with Gasteiger partial charge in [-0.3, -0.25) is 0 Å².